The molecule has 102 valence electrons. The smallest absolute Gasteiger partial charge is 0.0202 e. The van der Waals surface area contributed by atoms with Gasteiger partial charge in [-0.3, -0.25) is 0 Å². The minimum atomic E-state index is 0.762. The van der Waals surface area contributed by atoms with Crippen LogP contribution in [0.2, 0.25) is 0 Å². The highest BCUT2D eigenvalue weighted by atomic mass is 14.8. The van der Waals surface area contributed by atoms with Crippen LogP contribution in [0.4, 0.5) is 0 Å². The maximum atomic E-state index is 3.23. The van der Waals surface area contributed by atoms with E-state index >= 15 is 0 Å². The van der Waals surface area contributed by atoms with E-state index in [0.717, 1.165) is 12.5 Å². The van der Waals surface area contributed by atoms with Crippen molar-refractivity contribution in [1.82, 2.24) is 5.32 Å². The van der Waals surface area contributed by atoms with E-state index in [4.69, 9.17) is 0 Å². The Balaban J connectivity index is 2.67. The first kappa shape index (κ1) is 15.2. The molecule has 18 heavy (non-hydrogen) atoms. The van der Waals surface area contributed by atoms with E-state index < -0.39 is 0 Å². The third-order valence-corrected chi connectivity index (χ3v) is 3.60. The Hall–Kier alpha value is -0.820. The van der Waals surface area contributed by atoms with Crippen molar-refractivity contribution in [3.05, 3.63) is 35.4 Å². The molecule has 1 atom stereocenters. The summed E-state index contributed by atoms with van der Waals surface area (Å²) < 4.78 is 0. The molecule has 1 aromatic carbocycles. The fraction of sp³-hybridized carbons (Fsp3) is 0.647. The molecule has 0 saturated carbocycles. The second-order valence-electron chi connectivity index (χ2n) is 5.26. The Morgan fingerprint density at radius 2 is 1.89 bits per heavy atom. The van der Waals surface area contributed by atoms with Gasteiger partial charge in [0.25, 0.3) is 0 Å². The molecule has 1 nitrogen and oxygen atoms in total. The second-order valence-corrected chi connectivity index (χ2v) is 5.26. The van der Waals surface area contributed by atoms with Crippen LogP contribution >= 0.6 is 0 Å². The predicted octanol–water partition coefficient (Wildman–Crippen LogP) is 4.87. The van der Waals surface area contributed by atoms with E-state index in [9.17, 15) is 0 Å². The van der Waals surface area contributed by atoms with Crippen molar-refractivity contribution in [3.8, 4) is 0 Å². The van der Waals surface area contributed by atoms with Gasteiger partial charge in [-0.05, 0) is 36.9 Å². The lowest BCUT2D eigenvalue weighted by atomic mass is 9.88. The first-order chi connectivity index (χ1) is 8.81. The van der Waals surface area contributed by atoms with Crippen LogP contribution in [0.25, 0.3) is 0 Å². The number of nitrogens with one attached hydrogen (secondary N) is 1. The van der Waals surface area contributed by atoms with Gasteiger partial charge >= 0.3 is 0 Å². The molecule has 0 amide bonds. The first-order valence-electron chi connectivity index (χ1n) is 7.55. The zero-order valence-electron chi connectivity index (χ0n) is 12.3. The van der Waals surface area contributed by atoms with Crippen LogP contribution in [0.5, 0.6) is 0 Å². The fourth-order valence-electron chi connectivity index (χ4n) is 2.63. The summed E-state index contributed by atoms with van der Waals surface area (Å²) >= 11 is 0. The zero-order chi connectivity index (χ0) is 13.2. The first-order valence-corrected chi connectivity index (χ1v) is 7.55. The van der Waals surface area contributed by atoms with E-state index in [1.807, 2.05) is 7.05 Å². The molecule has 1 heteroatoms. The average Bonchev–Trinajstić information content (AvgIpc) is 2.39. The van der Waals surface area contributed by atoms with Gasteiger partial charge in [0, 0.05) is 6.54 Å². The quantitative estimate of drug-likeness (QED) is 0.614. The Morgan fingerprint density at radius 1 is 1.06 bits per heavy atom. The van der Waals surface area contributed by atoms with Gasteiger partial charge < -0.3 is 5.32 Å². The molecular weight excluding hydrogens is 218 g/mol. The Kier molecular flexibility index (Phi) is 7.75. The van der Waals surface area contributed by atoms with Crippen LogP contribution in [0.15, 0.2) is 24.3 Å². The summed E-state index contributed by atoms with van der Waals surface area (Å²) in [4.78, 5) is 0. The van der Waals surface area contributed by atoms with Gasteiger partial charge in [-0.15, -0.1) is 0 Å². The molecule has 0 aliphatic rings. The molecule has 1 rings (SSSR count). The molecule has 0 bridgehead atoms. The topological polar surface area (TPSA) is 12.0 Å². The summed E-state index contributed by atoms with van der Waals surface area (Å²) in [6.07, 6.45) is 8.02. The Bertz CT molecular complexity index is 319. The van der Waals surface area contributed by atoms with E-state index in [0.29, 0.717) is 0 Å². The van der Waals surface area contributed by atoms with Gasteiger partial charge in [-0.1, -0.05) is 63.8 Å². The standard InChI is InChI=1S/C17H29N/c1-4-6-7-11-16(9-5-2)17-12-8-10-15(13-17)14-18-3/h8,10,12-13,16,18H,4-7,9,11,14H2,1-3H3. The lowest BCUT2D eigenvalue weighted by Gasteiger charge is -2.17. The van der Waals surface area contributed by atoms with Crippen molar-refractivity contribution < 1.29 is 0 Å². The fourth-order valence-corrected chi connectivity index (χ4v) is 2.63. The zero-order valence-corrected chi connectivity index (χ0v) is 12.3. The molecule has 0 aromatic heterocycles. The molecule has 1 aromatic rings. The summed E-state index contributed by atoms with van der Waals surface area (Å²) in [6.45, 7) is 5.55. The van der Waals surface area contributed by atoms with Crippen molar-refractivity contribution in [1.29, 1.82) is 0 Å². The van der Waals surface area contributed by atoms with Crippen molar-refractivity contribution in [2.75, 3.05) is 7.05 Å². The highest BCUT2D eigenvalue weighted by molar-refractivity contribution is 5.26. The Labute approximate surface area is 113 Å². The minimum Gasteiger partial charge on any atom is -0.316 e. The largest absolute Gasteiger partial charge is 0.316 e. The predicted molar refractivity (Wildman–Crippen MR) is 81.0 cm³/mol. The third-order valence-electron chi connectivity index (χ3n) is 3.60. The van der Waals surface area contributed by atoms with Gasteiger partial charge in [0.05, 0.1) is 0 Å². The SMILES string of the molecule is CCCCCC(CCC)c1cccc(CNC)c1. The average molecular weight is 247 g/mol. The van der Waals surface area contributed by atoms with Crippen molar-refractivity contribution in [2.24, 2.45) is 0 Å². The Morgan fingerprint density at radius 3 is 2.56 bits per heavy atom. The monoisotopic (exact) mass is 247 g/mol. The summed E-state index contributed by atoms with van der Waals surface area (Å²) in [7, 11) is 2.01. The van der Waals surface area contributed by atoms with E-state index in [1.54, 1.807) is 5.56 Å². The summed E-state index contributed by atoms with van der Waals surface area (Å²) in [5.41, 5.74) is 2.95. The van der Waals surface area contributed by atoms with Crippen molar-refractivity contribution in [3.63, 3.8) is 0 Å². The number of hydrogen-bond donors (Lipinski definition) is 1. The van der Waals surface area contributed by atoms with Crippen LogP contribution in [0.1, 0.15) is 69.4 Å². The highest BCUT2D eigenvalue weighted by Crippen LogP contribution is 2.27. The van der Waals surface area contributed by atoms with Crippen LogP contribution in [-0.2, 0) is 6.54 Å². The number of hydrogen-bond acceptors (Lipinski definition) is 1. The van der Waals surface area contributed by atoms with Crippen molar-refractivity contribution >= 4 is 0 Å². The van der Waals surface area contributed by atoms with Crippen molar-refractivity contribution in [2.45, 2.75) is 64.8 Å². The lowest BCUT2D eigenvalue weighted by molar-refractivity contribution is 0.528. The van der Waals surface area contributed by atoms with Gasteiger partial charge in [-0.25, -0.2) is 0 Å². The minimum absolute atomic E-state index is 0.762. The maximum Gasteiger partial charge on any atom is 0.0202 e. The van der Waals surface area contributed by atoms with Crippen LogP contribution in [-0.4, -0.2) is 7.05 Å². The van der Waals surface area contributed by atoms with Crippen LogP contribution in [0, 0.1) is 0 Å². The lowest BCUT2D eigenvalue weighted by Crippen LogP contribution is -2.06. The molecule has 1 N–H and O–H groups in total. The number of unbranched alkanes of at least 4 members (excludes halogenated alkanes) is 2. The molecule has 0 saturated heterocycles. The van der Waals surface area contributed by atoms with E-state index in [2.05, 4.69) is 43.4 Å². The van der Waals surface area contributed by atoms with Gasteiger partial charge in [0.2, 0.25) is 0 Å². The molecule has 0 radical (unpaired) electrons. The highest BCUT2D eigenvalue weighted by Gasteiger charge is 2.10. The summed E-state index contributed by atoms with van der Waals surface area (Å²) in [6, 6.07) is 9.13. The van der Waals surface area contributed by atoms with Crippen LogP contribution in [0.3, 0.4) is 0 Å². The molecule has 0 aliphatic carbocycles. The third kappa shape index (κ3) is 5.22. The van der Waals surface area contributed by atoms with E-state index in [1.165, 1.54) is 44.1 Å². The van der Waals surface area contributed by atoms with Gasteiger partial charge in [-0.2, -0.15) is 0 Å². The maximum absolute atomic E-state index is 3.23. The van der Waals surface area contributed by atoms with Gasteiger partial charge in [0.1, 0.15) is 0 Å². The molecule has 0 fully saturated rings. The molecule has 1 unspecified atom stereocenters. The summed E-state index contributed by atoms with van der Waals surface area (Å²) in [5, 5.41) is 3.23. The van der Waals surface area contributed by atoms with E-state index in [-0.39, 0.29) is 0 Å². The molecular formula is C17H29N. The van der Waals surface area contributed by atoms with Gasteiger partial charge in [0.15, 0.2) is 0 Å². The molecule has 0 heterocycles. The van der Waals surface area contributed by atoms with Crippen LogP contribution < -0.4 is 5.32 Å². The number of rotatable bonds is 9. The second kappa shape index (κ2) is 9.16. The molecule has 0 aliphatic heterocycles. The molecule has 0 spiro atoms. The normalized spacial score (nSPS) is 12.6. The number of benzene rings is 1. The summed E-state index contributed by atoms with van der Waals surface area (Å²) in [5.74, 6) is 0.762.